The molecule has 0 aliphatic rings. The topological polar surface area (TPSA) is 87.5 Å². The molecule has 1 unspecified atom stereocenters. The minimum Gasteiger partial charge on any atom is -0.396 e. The quantitative estimate of drug-likeness (QED) is 0.680. The second-order valence-electron chi connectivity index (χ2n) is 6.06. The first-order valence-electron chi connectivity index (χ1n) is 7.06. The molecule has 1 heterocycles. The van der Waals surface area contributed by atoms with Crippen LogP contribution in [0.4, 0.5) is 5.69 Å². The number of aliphatic hydroxyl groups is 2. The molecule has 1 aromatic heterocycles. The molecule has 6 nitrogen and oxygen atoms in total. The second kappa shape index (κ2) is 6.56. The molecule has 1 atom stereocenters. The first kappa shape index (κ1) is 16.9. The molecule has 0 aliphatic carbocycles. The van der Waals surface area contributed by atoms with E-state index in [0.29, 0.717) is 25.3 Å². The highest BCUT2D eigenvalue weighted by atomic mass is 16.3. The molecule has 1 aromatic rings. The number of rotatable bonds is 7. The largest absolute Gasteiger partial charge is 0.396 e. The fourth-order valence-corrected chi connectivity index (χ4v) is 2.30. The van der Waals surface area contributed by atoms with E-state index in [1.54, 1.807) is 18.5 Å². The zero-order chi connectivity index (χ0) is 15.5. The maximum Gasteiger partial charge on any atom is 0.0862 e. The van der Waals surface area contributed by atoms with E-state index in [0.717, 1.165) is 17.9 Å². The van der Waals surface area contributed by atoms with Crippen LogP contribution in [-0.4, -0.2) is 56.2 Å². The molecule has 4 N–H and O–H groups in total. The van der Waals surface area contributed by atoms with Crippen LogP contribution in [0.15, 0.2) is 0 Å². The van der Waals surface area contributed by atoms with Gasteiger partial charge >= 0.3 is 0 Å². The number of hydrogen-bond donors (Lipinski definition) is 3. The summed E-state index contributed by atoms with van der Waals surface area (Å²) in [6.45, 7) is 11.5. The Morgan fingerprint density at radius 2 is 2.00 bits per heavy atom. The zero-order valence-corrected chi connectivity index (χ0v) is 13.2. The number of aryl methyl sites for hydroxylation is 1. The van der Waals surface area contributed by atoms with E-state index >= 15 is 0 Å². The molecule has 0 fully saturated rings. The molecular formula is C14H28N4O2. The number of aromatic nitrogens is 2. The van der Waals surface area contributed by atoms with E-state index in [9.17, 15) is 10.2 Å². The molecule has 116 valence electrons. The second-order valence-corrected chi connectivity index (χ2v) is 6.06. The highest BCUT2D eigenvalue weighted by molar-refractivity contribution is 5.46. The Labute approximate surface area is 121 Å². The Morgan fingerprint density at radius 1 is 1.40 bits per heavy atom. The van der Waals surface area contributed by atoms with Crippen LogP contribution in [0.3, 0.4) is 0 Å². The molecular weight excluding hydrogens is 256 g/mol. The van der Waals surface area contributed by atoms with E-state index in [-0.39, 0.29) is 0 Å². The van der Waals surface area contributed by atoms with E-state index in [2.05, 4.69) is 5.10 Å². The van der Waals surface area contributed by atoms with Crippen molar-refractivity contribution in [3.63, 3.8) is 0 Å². The summed E-state index contributed by atoms with van der Waals surface area (Å²) in [5.41, 5.74) is 7.47. The minimum absolute atomic E-state index is 0.409. The van der Waals surface area contributed by atoms with Gasteiger partial charge in [-0.2, -0.15) is 5.10 Å². The average Bonchev–Trinajstić information content (AvgIpc) is 2.54. The summed E-state index contributed by atoms with van der Waals surface area (Å²) in [7, 11) is 0. The monoisotopic (exact) mass is 284 g/mol. The lowest BCUT2D eigenvalue weighted by molar-refractivity contribution is 0.0172. The van der Waals surface area contributed by atoms with Crippen LogP contribution in [0.1, 0.15) is 32.2 Å². The van der Waals surface area contributed by atoms with Crippen molar-refractivity contribution in [3.05, 3.63) is 11.4 Å². The van der Waals surface area contributed by atoms with E-state index < -0.39 is 11.7 Å². The number of nitrogens with zero attached hydrogens (tertiary/aromatic N) is 3. The molecule has 6 heteroatoms. The molecule has 0 bridgehead atoms. The summed E-state index contributed by atoms with van der Waals surface area (Å²) < 4.78 is 1.74. The summed E-state index contributed by atoms with van der Waals surface area (Å²) in [6.07, 6.45) is -0.547. The van der Waals surface area contributed by atoms with Crippen LogP contribution in [0, 0.1) is 13.8 Å². The summed E-state index contributed by atoms with van der Waals surface area (Å²) in [4.78, 5) is 2.03. The molecule has 0 saturated heterocycles. The molecule has 0 amide bonds. The minimum atomic E-state index is -0.766. The van der Waals surface area contributed by atoms with Crippen LogP contribution < -0.4 is 5.73 Å². The van der Waals surface area contributed by atoms with E-state index in [4.69, 9.17) is 5.73 Å². The van der Waals surface area contributed by atoms with Crippen LogP contribution in [0.25, 0.3) is 0 Å². The Morgan fingerprint density at radius 3 is 2.40 bits per heavy atom. The molecule has 20 heavy (non-hydrogen) atoms. The number of nitrogen functional groups attached to an aromatic ring is 1. The van der Waals surface area contributed by atoms with Gasteiger partial charge in [-0.25, -0.2) is 0 Å². The first-order valence-corrected chi connectivity index (χ1v) is 7.06. The molecule has 0 aliphatic heterocycles. The van der Waals surface area contributed by atoms with E-state index in [1.807, 2.05) is 25.7 Å². The Balaban J connectivity index is 2.62. The van der Waals surface area contributed by atoms with Crippen molar-refractivity contribution in [1.82, 2.24) is 14.7 Å². The fraction of sp³-hybridized carbons (Fsp3) is 0.786. The lowest BCUT2D eigenvalue weighted by atomic mass is 10.1. The van der Waals surface area contributed by atoms with Gasteiger partial charge in [0.15, 0.2) is 0 Å². The Hall–Kier alpha value is -1.11. The van der Waals surface area contributed by atoms with E-state index in [1.165, 1.54) is 0 Å². The summed E-state index contributed by atoms with van der Waals surface area (Å²) in [5.74, 6) is 0. The third-order valence-corrected chi connectivity index (χ3v) is 3.35. The number of likely N-dealkylation sites (N-methyl/N-ethyl adjacent to an activating group) is 1. The molecule has 0 radical (unpaired) electrons. The van der Waals surface area contributed by atoms with Gasteiger partial charge < -0.3 is 15.9 Å². The van der Waals surface area contributed by atoms with Gasteiger partial charge in [0.05, 0.1) is 35.3 Å². The van der Waals surface area contributed by atoms with Crippen LogP contribution in [0.5, 0.6) is 0 Å². The number of nitrogens with two attached hydrogens (primary N) is 1. The first-order chi connectivity index (χ1) is 9.14. The number of aliphatic hydroxyl groups excluding tert-OH is 1. The Bertz CT molecular complexity index is 437. The smallest absolute Gasteiger partial charge is 0.0862 e. The van der Waals surface area contributed by atoms with Crippen LogP contribution in [-0.2, 0) is 6.54 Å². The highest BCUT2D eigenvalue weighted by Crippen LogP contribution is 2.15. The summed E-state index contributed by atoms with van der Waals surface area (Å²) in [5, 5.41) is 24.4. The number of anilines is 1. The normalized spacial score (nSPS) is 14.0. The lowest BCUT2D eigenvalue weighted by Crippen LogP contribution is -2.43. The molecule has 0 spiro atoms. The maximum atomic E-state index is 10.2. The van der Waals surface area contributed by atoms with Gasteiger partial charge in [0.2, 0.25) is 0 Å². The van der Waals surface area contributed by atoms with Crippen LogP contribution >= 0.6 is 0 Å². The van der Waals surface area contributed by atoms with Gasteiger partial charge in [-0.1, -0.05) is 6.92 Å². The van der Waals surface area contributed by atoms with Gasteiger partial charge in [0, 0.05) is 13.1 Å². The number of hydrogen-bond acceptors (Lipinski definition) is 5. The summed E-state index contributed by atoms with van der Waals surface area (Å²) >= 11 is 0. The molecule has 1 rings (SSSR count). The van der Waals surface area contributed by atoms with Crippen LogP contribution in [0.2, 0.25) is 0 Å². The third-order valence-electron chi connectivity index (χ3n) is 3.35. The Kier molecular flexibility index (Phi) is 5.56. The van der Waals surface area contributed by atoms with Crippen molar-refractivity contribution < 1.29 is 10.2 Å². The zero-order valence-electron chi connectivity index (χ0n) is 13.2. The van der Waals surface area contributed by atoms with Crippen molar-refractivity contribution in [1.29, 1.82) is 0 Å². The molecule has 0 saturated carbocycles. The van der Waals surface area contributed by atoms with Gasteiger partial charge in [-0.3, -0.25) is 9.58 Å². The fourth-order valence-electron chi connectivity index (χ4n) is 2.30. The van der Waals surface area contributed by atoms with Gasteiger partial charge in [-0.15, -0.1) is 0 Å². The highest BCUT2D eigenvalue weighted by Gasteiger charge is 2.20. The van der Waals surface area contributed by atoms with Gasteiger partial charge in [0.1, 0.15) is 0 Å². The van der Waals surface area contributed by atoms with Gasteiger partial charge in [0.25, 0.3) is 0 Å². The van der Waals surface area contributed by atoms with Crippen molar-refractivity contribution in [3.8, 4) is 0 Å². The molecule has 0 aromatic carbocycles. The third kappa shape index (κ3) is 4.77. The standard InChI is InChI=1S/C14H28N4O2/c1-6-17(9-14(4,5)20)7-12(19)8-18-11(3)13(15)10(2)16-18/h12,19-20H,6-9,15H2,1-5H3. The predicted molar refractivity (Wildman–Crippen MR) is 80.5 cm³/mol. The van der Waals surface area contributed by atoms with Crippen molar-refractivity contribution in [2.75, 3.05) is 25.4 Å². The SMILES string of the molecule is CCN(CC(O)Cn1nc(C)c(N)c1C)CC(C)(C)O. The van der Waals surface area contributed by atoms with Gasteiger partial charge in [-0.05, 0) is 34.2 Å². The average molecular weight is 284 g/mol. The van der Waals surface area contributed by atoms with Crippen molar-refractivity contribution >= 4 is 5.69 Å². The lowest BCUT2D eigenvalue weighted by Gasteiger charge is -2.29. The van der Waals surface area contributed by atoms with Crippen molar-refractivity contribution in [2.45, 2.75) is 52.9 Å². The van der Waals surface area contributed by atoms with Crippen molar-refractivity contribution in [2.24, 2.45) is 0 Å². The predicted octanol–water partition coefficient (Wildman–Crippen LogP) is 0.536. The maximum absolute atomic E-state index is 10.2. The summed E-state index contributed by atoms with van der Waals surface area (Å²) in [6, 6.07) is 0.